The number of ether oxygens (including phenoxy) is 1. The lowest BCUT2D eigenvalue weighted by Crippen LogP contribution is -3.16. The molecule has 5 rings (SSSR count). The molecular weight excluding hydrogens is 322 g/mol. The molecule has 0 amide bonds. The second kappa shape index (κ2) is 8.49. The highest BCUT2D eigenvalue weighted by Gasteiger charge is 2.50. The number of aliphatic hydroxyl groups is 1. The smallest absolute Gasteiger partial charge is 0.126 e. The van der Waals surface area contributed by atoms with Crippen molar-refractivity contribution < 1.29 is 14.7 Å². The third-order valence-electron chi connectivity index (χ3n) is 8.39. The van der Waals surface area contributed by atoms with Crippen molar-refractivity contribution in [3.05, 3.63) is 0 Å². The molecule has 0 aliphatic heterocycles. The highest BCUT2D eigenvalue weighted by molar-refractivity contribution is 5.01. The van der Waals surface area contributed by atoms with Crippen LogP contribution in [0.15, 0.2) is 0 Å². The maximum absolute atomic E-state index is 10.5. The Kier molecular flexibility index (Phi) is 6.27. The van der Waals surface area contributed by atoms with Crippen molar-refractivity contribution in [2.24, 2.45) is 23.2 Å². The third kappa shape index (κ3) is 4.47. The molecule has 5 aliphatic carbocycles. The predicted octanol–water partition coefficient (Wildman–Crippen LogP) is 3.21. The van der Waals surface area contributed by atoms with Crippen molar-refractivity contribution in [3.8, 4) is 0 Å². The highest BCUT2D eigenvalue weighted by Crippen LogP contribution is 2.61. The van der Waals surface area contributed by atoms with Gasteiger partial charge in [-0.25, -0.2) is 0 Å². The van der Waals surface area contributed by atoms with E-state index in [2.05, 4.69) is 6.92 Å². The van der Waals surface area contributed by atoms with Crippen LogP contribution < -0.4 is 4.90 Å². The number of aliphatic hydroxyl groups excluding tert-OH is 1. The lowest BCUT2D eigenvalue weighted by Gasteiger charge is -2.57. The summed E-state index contributed by atoms with van der Waals surface area (Å²) in [6.45, 7) is 5.69. The molecule has 0 heterocycles. The first-order valence-electron chi connectivity index (χ1n) is 11.8. The van der Waals surface area contributed by atoms with Gasteiger partial charge in [-0.3, -0.25) is 0 Å². The molecule has 1 unspecified atom stereocenters. The Morgan fingerprint density at radius 3 is 2.19 bits per heavy atom. The van der Waals surface area contributed by atoms with Crippen LogP contribution in [-0.2, 0) is 4.74 Å². The molecule has 0 aromatic carbocycles. The highest BCUT2D eigenvalue weighted by atomic mass is 16.5. The van der Waals surface area contributed by atoms with Gasteiger partial charge in [-0.15, -0.1) is 0 Å². The number of nitrogens with one attached hydrogen (secondary N) is 1. The maximum atomic E-state index is 10.5. The van der Waals surface area contributed by atoms with Crippen molar-refractivity contribution in [2.75, 3.05) is 26.3 Å². The molecule has 0 saturated heterocycles. The van der Waals surface area contributed by atoms with Crippen LogP contribution in [0.3, 0.4) is 0 Å². The van der Waals surface area contributed by atoms with Gasteiger partial charge in [0.2, 0.25) is 0 Å². The Bertz CT molecular complexity index is 410. The second-order valence-corrected chi connectivity index (χ2v) is 10.4. The summed E-state index contributed by atoms with van der Waals surface area (Å²) in [5.74, 6) is 3.09. The quantitative estimate of drug-likeness (QED) is 0.616. The van der Waals surface area contributed by atoms with Crippen LogP contribution in [0.2, 0.25) is 0 Å². The van der Waals surface area contributed by atoms with E-state index in [9.17, 15) is 5.11 Å². The summed E-state index contributed by atoms with van der Waals surface area (Å²) in [5.41, 5.74) is 0.614. The Hall–Kier alpha value is -0.120. The average molecular weight is 365 g/mol. The van der Waals surface area contributed by atoms with Crippen molar-refractivity contribution in [2.45, 2.75) is 96.1 Å². The first-order chi connectivity index (χ1) is 12.7. The topological polar surface area (TPSA) is 33.9 Å². The van der Waals surface area contributed by atoms with Crippen LogP contribution in [0.5, 0.6) is 0 Å². The molecular formula is C23H42NO2+. The van der Waals surface area contributed by atoms with Crippen LogP contribution in [0.4, 0.5) is 0 Å². The third-order valence-corrected chi connectivity index (χ3v) is 8.39. The average Bonchev–Trinajstić information content (AvgIpc) is 2.63. The number of likely N-dealkylation sites (N-methyl/N-ethyl adjacent to an activating group) is 1. The fourth-order valence-corrected chi connectivity index (χ4v) is 7.58. The molecule has 5 fully saturated rings. The van der Waals surface area contributed by atoms with Crippen LogP contribution in [-0.4, -0.2) is 43.6 Å². The minimum Gasteiger partial charge on any atom is -0.385 e. The van der Waals surface area contributed by atoms with Gasteiger partial charge in [0.1, 0.15) is 12.6 Å². The fourth-order valence-electron chi connectivity index (χ4n) is 7.58. The van der Waals surface area contributed by atoms with Gasteiger partial charge in [-0.05, 0) is 101 Å². The zero-order chi connectivity index (χ0) is 18.0. The van der Waals surface area contributed by atoms with E-state index in [0.29, 0.717) is 12.0 Å². The SMILES string of the molecule is CC[NH+](C[C@H](O)COCCC12CC3CC(CC(C3)C1)C2)C1CCCCC1. The monoisotopic (exact) mass is 364 g/mol. The Balaban J connectivity index is 1.16. The van der Waals surface area contributed by atoms with Gasteiger partial charge in [0.05, 0.1) is 19.2 Å². The van der Waals surface area contributed by atoms with E-state index in [1.54, 1.807) is 4.90 Å². The van der Waals surface area contributed by atoms with Gasteiger partial charge in [0, 0.05) is 6.61 Å². The number of hydrogen-bond acceptors (Lipinski definition) is 2. The Morgan fingerprint density at radius 1 is 1.00 bits per heavy atom. The predicted molar refractivity (Wildman–Crippen MR) is 105 cm³/mol. The Labute approximate surface area is 160 Å². The summed E-state index contributed by atoms with van der Waals surface area (Å²) in [7, 11) is 0. The molecule has 3 heteroatoms. The zero-order valence-corrected chi connectivity index (χ0v) is 17.1. The van der Waals surface area contributed by atoms with Gasteiger partial charge in [0.25, 0.3) is 0 Å². The summed E-state index contributed by atoms with van der Waals surface area (Å²) in [5, 5.41) is 10.5. The first-order valence-corrected chi connectivity index (χ1v) is 11.8. The van der Waals surface area contributed by atoms with E-state index in [0.717, 1.165) is 43.5 Å². The lowest BCUT2D eigenvalue weighted by atomic mass is 9.49. The van der Waals surface area contributed by atoms with Gasteiger partial charge < -0.3 is 14.7 Å². The normalized spacial score (nSPS) is 39.2. The van der Waals surface area contributed by atoms with Crippen LogP contribution in [0, 0.1) is 23.2 Å². The molecule has 2 N–H and O–H groups in total. The summed E-state index contributed by atoms with van der Waals surface area (Å²) in [4.78, 5) is 1.60. The first kappa shape index (κ1) is 19.2. The molecule has 3 nitrogen and oxygen atoms in total. The van der Waals surface area contributed by atoms with Gasteiger partial charge in [-0.2, -0.15) is 0 Å². The fraction of sp³-hybridized carbons (Fsp3) is 1.00. The van der Waals surface area contributed by atoms with E-state index in [4.69, 9.17) is 4.74 Å². The Morgan fingerprint density at radius 2 is 1.62 bits per heavy atom. The number of rotatable bonds is 9. The molecule has 5 aliphatic rings. The largest absolute Gasteiger partial charge is 0.385 e. The van der Waals surface area contributed by atoms with E-state index in [1.807, 2.05) is 0 Å². The standard InChI is InChI=1S/C23H41NO2/c1-2-24(21-6-4-3-5-7-21)16-22(25)17-26-9-8-23-13-18-10-19(14-23)12-20(11-18)15-23/h18-22,25H,2-17H2,1H3/p+1/t18?,19?,20?,22-,23?/m0/s1. The molecule has 0 spiro atoms. The van der Waals surface area contributed by atoms with Crippen molar-refractivity contribution in [3.63, 3.8) is 0 Å². The maximum Gasteiger partial charge on any atom is 0.126 e. The van der Waals surface area contributed by atoms with Crippen LogP contribution in [0.1, 0.15) is 84.0 Å². The number of quaternary nitrogens is 1. The van der Waals surface area contributed by atoms with Crippen molar-refractivity contribution >= 4 is 0 Å². The van der Waals surface area contributed by atoms with E-state index >= 15 is 0 Å². The van der Waals surface area contributed by atoms with Gasteiger partial charge in [-0.1, -0.05) is 6.42 Å². The van der Waals surface area contributed by atoms with Crippen LogP contribution in [0.25, 0.3) is 0 Å². The molecule has 0 aromatic rings. The second-order valence-electron chi connectivity index (χ2n) is 10.4. The molecule has 26 heavy (non-hydrogen) atoms. The summed E-state index contributed by atoms with van der Waals surface area (Å²) >= 11 is 0. The molecule has 0 radical (unpaired) electrons. The van der Waals surface area contributed by atoms with Crippen LogP contribution >= 0.6 is 0 Å². The van der Waals surface area contributed by atoms with E-state index in [-0.39, 0.29) is 6.10 Å². The van der Waals surface area contributed by atoms with Gasteiger partial charge >= 0.3 is 0 Å². The number of hydrogen-bond donors (Lipinski definition) is 2. The minimum absolute atomic E-state index is 0.289. The van der Waals surface area contributed by atoms with Crippen molar-refractivity contribution in [1.29, 1.82) is 0 Å². The minimum atomic E-state index is -0.289. The molecule has 5 saturated carbocycles. The summed E-state index contributed by atoms with van der Waals surface area (Å²) in [6.07, 6.45) is 16.8. The summed E-state index contributed by atoms with van der Waals surface area (Å²) < 4.78 is 6.00. The summed E-state index contributed by atoms with van der Waals surface area (Å²) in [6, 6.07) is 0.774. The lowest BCUT2D eigenvalue weighted by molar-refractivity contribution is -0.928. The van der Waals surface area contributed by atoms with Gasteiger partial charge in [0.15, 0.2) is 0 Å². The molecule has 0 aromatic heterocycles. The van der Waals surface area contributed by atoms with Crippen molar-refractivity contribution in [1.82, 2.24) is 0 Å². The molecule has 150 valence electrons. The van der Waals surface area contributed by atoms with E-state index in [1.165, 1.54) is 77.0 Å². The van der Waals surface area contributed by atoms with E-state index < -0.39 is 0 Å². The molecule has 2 atom stereocenters. The molecule has 4 bridgehead atoms. The zero-order valence-electron chi connectivity index (χ0n) is 17.1.